The average Bonchev–Trinajstić information content (AvgIpc) is 2.79. The molecule has 0 saturated heterocycles. The van der Waals surface area contributed by atoms with Crippen LogP contribution in [0.2, 0.25) is 0 Å². The van der Waals surface area contributed by atoms with Crippen molar-refractivity contribution in [3.63, 3.8) is 0 Å². The van der Waals surface area contributed by atoms with Gasteiger partial charge in [-0.3, -0.25) is 9.89 Å². The van der Waals surface area contributed by atoms with Gasteiger partial charge in [0, 0.05) is 23.2 Å². The topological polar surface area (TPSA) is 57.8 Å². The smallest absolute Gasteiger partial charge is 0.272 e. The molecule has 0 atom stereocenters. The number of benzene rings is 1. The fraction of sp³-hybridized carbons (Fsp3) is 0.412. The first-order valence-corrected chi connectivity index (χ1v) is 7.58. The number of hydrogen-bond acceptors (Lipinski definition) is 2. The Morgan fingerprint density at radius 3 is 2.50 bits per heavy atom. The van der Waals surface area contributed by atoms with Gasteiger partial charge in [0.2, 0.25) is 0 Å². The van der Waals surface area contributed by atoms with Crippen molar-refractivity contribution in [3.05, 3.63) is 52.6 Å². The van der Waals surface area contributed by atoms with E-state index in [0.29, 0.717) is 12.2 Å². The van der Waals surface area contributed by atoms with E-state index in [1.165, 1.54) is 12.1 Å². The second-order valence-corrected chi connectivity index (χ2v) is 6.15. The van der Waals surface area contributed by atoms with E-state index in [1.807, 2.05) is 26.0 Å². The molecule has 0 unspecified atom stereocenters. The number of nitrogens with zero attached hydrogens (tertiary/aromatic N) is 1. The Morgan fingerprint density at radius 1 is 1.32 bits per heavy atom. The van der Waals surface area contributed by atoms with Crippen LogP contribution in [0.25, 0.3) is 0 Å². The lowest BCUT2D eigenvalue weighted by molar-refractivity contribution is 0.0922. The third kappa shape index (κ3) is 2.51. The third-order valence-corrected chi connectivity index (χ3v) is 4.82. The molecule has 5 heteroatoms. The number of hydrogen-bond donors (Lipinski definition) is 2. The highest BCUT2D eigenvalue weighted by Gasteiger charge is 2.39. The lowest BCUT2D eigenvalue weighted by Crippen LogP contribution is -2.45. The van der Waals surface area contributed by atoms with Gasteiger partial charge in [0.15, 0.2) is 5.69 Å². The molecular weight excluding hydrogens is 281 g/mol. The minimum atomic E-state index is -0.232. The van der Waals surface area contributed by atoms with Crippen LogP contribution in [0.3, 0.4) is 0 Å². The Kier molecular flexibility index (Phi) is 3.72. The molecule has 1 fully saturated rings. The van der Waals surface area contributed by atoms with Crippen LogP contribution in [0.1, 0.15) is 46.6 Å². The van der Waals surface area contributed by atoms with E-state index in [4.69, 9.17) is 0 Å². The van der Waals surface area contributed by atoms with Gasteiger partial charge in [-0.25, -0.2) is 4.39 Å². The van der Waals surface area contributed by atoms with Crippen molar-refractivity contribution in [1.82, 2.24) is 15.5 Å². The lowest BCUT2D eigenvalue weighted by Gasteiger charge is -2.42. The van der Waals surface area contributed by atoms with Crippen molar-refractivity contribution in [1.29, 1.82) is 0 Å². The van der Waals surface area contributed by atoms with Gasteiger partial charge in [-0.1, -0.05) is 18.6 Å². The van der Waals surface area contributed by atoms with Gasteiger partial charge in [0.25, 0.3) is 5.91 Å². The molecule has 116 valence electrons. The van der Waals surface area contributed by atoms with E-state index in [0.717, 1.165) is 36.1 Å². The van der Waals surface area contributed by atoms with Crippen molar-refractivity contribution < 1.29 is 9.18 Å². The molecule has 2 aromatic rings. The number of H-pyrrole nitrogens is 1. The Hall–Kier alpha value is -2.17. The summed E-state index contributed by atoms with van der Waals surface area (Å²) in [5, 5.41) is 9.88. The first kappa shape index (κ1) is 14.8. The molecule has 22 heavy (non-hydrogen) atoms. The number of rotatable bonds is 4. The van der Waals surface area contributed by atoms with Crippen molar-refractivity contribution >= 4 is 5.91 Å². The van der Waals surface area contributed by atoms with Gasteiger partial charge in [0.05, 0.1) is 0 Å². The summed E-state index contributed by atoms with van der Waals surface area (Å²) in [6, 6.07) is 6.62. The molecule has 2 N–H and O–H groups in total. The molecule has 0 bridgehead atoms. The summed E-state index contributed by atoms with van der Waals surface area (Å²) in [6.45, 7) is 4.33. The van der Waals surface area contributed by atoms with Crippen LogP contribution in [0.4, 0.5) is 4.39 Å². The van der Waals surface area contributed by atoms with Crippen molar-refractivity contribution in [3.8, 4) is 0 Å². The summed E-state index contributed by atoms with van der Waals surface area (Å²) in [5.41, 5.74) is 3.26. The summed E-state index contributed by atoms with van der Waals surface area (Å²) in [5.74, 6) is -0.389. The molecule has 3 rings (SSSR count). The van der Waals surface area contributed by atoms with Gasteiger partial charge < -0.3 is 5.32 Å². The second kappa shape index (κ2) is 5.55. The third-order valence-electron chi connectivity index (χ3n) is 4.82. The van der Waals surface area contributed by atoms with Crippen molar-refractivity contribution in [2.75, 3.05) is 6.54 Å². The average molecular weight is 301 g/mol. The molecule has 1 aromatic carbocycles. The Balaban J connectivity index is 1.72. The fourth-order valence-corrected chi connectivity index (χ4v) is 3.01. The maximum atomic E-state index is 13.1. The quantitative estimate of drug-likeness (QED) is 0.912. The van der Waals surface area contributed by atoms with E-state index in [-0.39, 0.29) is 17.1 Å². The minimum absolute atomic E-state index is 0.0668. The van der Waals surface area contributed by atoms with Crippen LogP contribution in [0, 0.1) is 19.7 Å². The number of aromatic amines is 1. The zero-order chi connectivity index (χ0) is 15.7. The summed E-state index contributed by atoms with van der Waals surface area (Å²) in [4.78, 5) is 12.3. The van der Waals surface area contributed by atoms with Crippen LogP contribution in [-0.2, 0) is 5.41 Å². The number of aryl methyl sites for hydroxylation is 1. The molecule has 1 aromatic heterocycles. The largest absolute Gasteiger partial charge is 0.350 e. The molecule has 1 saturated carbocycles. The SMILES string of the molecule is Cc1[nH]nc(C(=O)NCC2(c3ccc(F)cc3)CCC2)c1C. The van der Waals surface area contributed by atoms with Gasteiger partial charge in [-0.15, -0.1) is 0 Å². The molecule has 1 aliphatic carbocycles. The standard InChI is InChI=1S/C17H20FN3O/c1-11-12(2)20-21-15(11)16(22)19-10-17(8-3-9-17)13-4-6-14(18)7-5-13/h4-7H,3,8-10H2,1-2H3,(H,19,22)(H,20,21). The van der Waals surface area contributed by atoms with Gasteiger partial charge >= 0.3 is 0 Å². The maximum Gasteiger partial charge on any atom is 0.272 e. The minimum Gasteiger partial charge on any atom is -0.350 e. The monoisotopic (exact) mass is 301 g/mol. The highest BCUT2D eigenvalue weighted by molar-refractivity contribution is 5.93. The molecule has 1 amide bonds. The fourth-order valence-electron chi connectivity index (χ4n) is 3.01. The summed E-state index contributed by atoms with van der Waals surface area (Å²) in [7, 11) is 0. The first-order valence-electron chi connectivity index (χ1n) is 7.58. The predicted octanol–water partition coefficient (Wildman–Crippen LogP) is 3.02. The van der Waals surface area contributed by atoms with Crippen LogP contribution >= 0.6 is 0 Å². The van der Waals surface area contributed by atoms with E-state index >= 15 is 0 Å². The molecular formula is C17H20FN3O. The number of carbonyl (C=O) groups excluding carboxylic acids is 1. The normalized spacial score (nSPS) is 16.1. The van der Waals surface area contributed by atoms with Gasteiger partial charge in [-0.2, -0.15) is 5.10 Å². The first-order chi connectivity index (χ1) is 10.5. The summed E-state index contributed by atoms with van der Waals surface area (Å²) < 4.78 is 13.1. The number of halogens is 1. The summed E-state index contributed by atoms with van der Waals surface area (Å²) in [6.07, 6.45) is 3.16. The van der Waals surface area contributed by atoms with Crippen LogP contribution in [-0.4, -0.2) is 22.6 Å². The zero-order valence-corrected chi connectivity index (χ0v) is 12.9. The number of nitrogens with one attached hydrogen (secondary N) is 2. The second-order valence-electron chi connectivity index (χ2n) is 6.15. The van der Waals surface area contributed by atoms with Gasteiger partial charge in [0.1, 0.15) is 5.82 Å². The molecule has 0 radical (unpaired) electrons. The Morgan fingerprint density at radius 2 is 2.00 bits per heavy atom. The highest BCUT2D eigenvalue weighted by Crippen LogP contribution is 2.43. The Bertz CT molecular complexity index is 686. The lowest BCUT2D eigenvalue weighted by atomic mass is 9.64. The van der Waals surface area contributed by atoms with Crippen LogP contribution in [0.5, 0.6) is 0 Å². The van der Waals surface area contributed by atoms with Crippen LogP contribution in [0.15, 0.2) is 24.3 Å². The molecule has 4 nitrogen and oxygen atoms in total. The van der Waals surface area contributed by atoms with E-state index in [1.54, 1.807) is 0 Å². The predicted molar refractivity (Wildman–Crippen MR) is 82.3 cm³/mol. The van der Waals surface area contributed by atoms with Gasteiger partial charge in [-0.05, 0) is 44.4 Å². The summed E-state index contributed by atoms with van der Waals surface area (Å²) >= 11 is 0. The number of carbonyl (C=O) groups is 1. The number of amides is 1. The molecule has 1 aliphatic rings. The highest BCUT2D eigenvalue weighted by atomic mass is 19.1. The number of aromatic nitrogens is 2. The maximum absolute atomic E-state index is 13.1. The van der Waals surface area contributed by atoms with Crippen molar-refractivity contribution in [2.24, 2.45) is 0 Å². The zero-order valence-electron chi connectivity index (χ0n) is 12.9. The van der Waals surface area contributed by atoms with E-state index in [2.05, 4.69) is 15.5 Å². The molecule has 0 spiro atoms. The molecule has 1 heterocycles. The van der Waals surface area contributed by atoms with Crippen LogP contribution < -0.4 is 5.32 Å². The van der Waals surface area contributed by atoms with Crippen molar-refractivity contribution in [2.45, 2.75) is 38.5 Å². The molecule has 0 aliphatic heterocycles. The van der Waals surface area contributed by atoms with E-state index in [9.17, 15) is 9.18 Å². The van der Waals surface area contributed by atoms with E-state index < -0.39 is 0 Å². The Labute approximate surface area is 129 Å².